The van der Waals surface area contributed by atoms with Crippen molar-refractivity contribution in [1.29, 1.82) is 0 Å². The zero-order valence-electron chi connectivity index (χ0n) is 27.0. The van der Waals surface area contributed by atoms with Crippen LogP contribution in [-0.2, 0) is 23.9 Å². The van der Waals surface area contributed by atoms with Crippen LogP contribution in [0.1, 0.15) is 69.7 Å². The molecule has 1 aromatic carbocycles. The van der Waals surface area contributed by atoms with E-state index in [9.17, 15) is 19.2 Å². The van der Waals surface area contributed by atoms with Gasteiger partial charge in [0, 0.05) is 57.0 Å². The molecule has 1 aliphatic heterocycles. The Labute approximate surface area is 263 Å². The molecule has 2 aromatic rings. The van der Waals surface area contributed by atoms with Crippen molar-refractivity contribution in [2.45, 2.75) is 59.3 Å². The van der Waals surface area contributed by atoms with Gasteiger partial charge in [0.25, 0.3) is 5.91 Å². The molecule has 2 N–H and O–H groups in total. The van der Waals surface area contributed by atoms with E-state index in [1.807, 2.05) is 50.2 Å². The molecule has 1 saturated heterocycles. The average molecular weight is 613 g/mol. The maximum Gasteiger partial charge on any atom is 0.251 e. The highest BCUT2D eigenvalue weighted by atomic mass is 16.5. The van der Waals surface area contributed by atoms with Crippen molar-refractivity contribution in [1.82, 2.24) is 20.5 Å². The van der Waals surface area contributed by atoms with E-state index in [4.69, 9.17) is 9.47 Å². The van der Waals surface area contributed by atoms with E-state index in [1.54, 1.807) is 43.4 Å². The molecule has 0 bridgehead atoms. The second-order valence-electron chi connectivity index (χ2n) is 10.3. The number of Topliss-reactive ketones (excluding diaryl/α,β-unsaturated/α-hetero) is 1. The first-order valence-corrected chi connectivity index (χ1v) is 15.7. The van der Waals surface area contributed by atoms with Gasteiger partial charge in [0.15, 0.2) is 0 Å². The van der Waals surface area contributed by atoms with Gasteiger partial charge in [-0.15, -0.1) is 0 Å². The van der Waals surface area contributed by atoms with Crippen LogP contribution in [0.2, 0.25) is 0 Å². The van der Waals surface area contributed by atoms with E-state index in [0.29, 0.717) is 63.3 Å². The fraction of sp³-hybridized carbons (Fsp3) is 0.559. The van der Waals surface area contributed by atoms with Gasteiger partial charge in [0.1, 0.15) is 5.78 Å². The average Bonchev–Trinajstić information content (AvgIpc) is 3.42. The Hall–Kier alpha value is -3.63. The number of pyridine rings is 1. The largest absolute Gasteiger partial charge is 0.377 e. The minimum absolute atomic E-state index is 0.00325. The summed E-state index contributed by atoms with van der Waals surface area (Å²) in [5, 5.41) is 5.55. The van der Waals surface area contributed by atoms with Crippen LogP contribution in [0.25, 0.3) is 0 Å². The number of nitrogens with zero attached hydrogens (tertiary/aromatic N) is 2. The molecule has 1 atom stereocenters. The lowest BCUT2D eigenvalue weighted by Gasteiger charge is -2.17. The second kappa shape index (κ2) is 24.8. The molecule has 0 radical (unpaired) electrons. The van der Waals surface area contributed by atoms with Crippen molar-refractivity contribution in [2.24, 2.45) is 11.8 Å². The number of aromatic nitrogens is 1. The van der Waals surface area contributed by atoms with Crippen molar-refractivity contribution < 1.29 is 28.7 Å². The van der Waals surface area contributed by atoms with Gasteiger partial charge in [-0.25, -0.2) is 0 Å². The maximum atomic E-state index is 11.9. The summed E-state index contributed by atoms with van der Waals surface area (Å²) in [6, 6.07) is 14.7. The van der Waals surface area contributed by atoms with Crippen molar-refractivity contribution in [3.05, 3.63) is 66.5 Å². The fourth-order valence-corrected chi connectivity index (χ4v) is 4.50. The quantitative estimate of drug-likeness (QED) is 0.342. The third-order valence-corrected chi connectivity index (χ3v) is 6.94. The predicted octanol–water partition coefficient (Wildman–Crippen LogP) is 4.31. The number of rotatable bonds is 12. The summed E-state index contributed by atoms with van der Waals surface area (Å²) >= 11 is 0. The van der Waals surface area contributed by atoms with Crippen LogP contribution in [0.3, 0.4) is 0 Å². The topological polar surface area (TPSA) is 127 Å². The first-order valence-electron chi connectivity index (χ1n) is 15.7. The van der Waals surface area contributed by atoms with Gasteiger partial charge in [-0.05, 0) is 44.0 Å². The number of benzene rings is 1. The SMILES string of the molecule is CC.CC(=O)C1CCCCC1.CN1CC(C(=O)NCCOCCOCCNC(=O)c2ccccc2)CC1=O.c1ccncc1. The molecule has 0 spiro atoms. The van der Waals surface area contributed by atoms with Gasteiger partial charge in [0.05, 0.1) is 32.3 Å². The zero-order chi connectivity index (χ0) is 32.4. The Kier molecular flexibility index (Phi) is 21.6. The normalized spacial score (nSPS) is 15.8. The molecule has 244 valence electrons. The highest BCUT2D eigenvalue weighted by Gasteiger charge is 2.31. The minimum Gasteiger partial charge on any atom is -0.377 e. The standard InChI is InChI=1S/C19H27N3O5.C8H14O.C5H5N.C2H6/c1-22-14-16(13-17(22)23)19(25)21-8-10-27-12-11-26-9-7-20-18(24)15-5-3-2-4-6-15;1-7(9)8-5-3-2-4-6-8;1-2-4-6-5-3-1;1-2/h2-6,16H,7-14H2,1H3,(H,20,24)(H,21,25);8H,2-6H2,1H3;1-5H;1-2H3. The summed E-state index contributed by atoms with van der Waals surface area (Å²) in [5.74, 6) is 0.317. The molecule has 1 aromatic heterocycles. The van der Waals surface area contributed by atoms with Crippen molar-refractivity contribution in [2.75, 3.05) is 53.1 Å². The number of amides is 3. The van der Waals surface area contributed by atoms with E-state index in [2.05, 4.69) is 15.6 Å². The van der Waals surface area contributed by atoms with Crippen LogP contribution < -0.4 is 10.6 Å². The molecule has 10 nitrogen and oxygen atoms in total. The molecular weight excluding hydrogens is 560 g/mol. The van der Waals surface area contributed by atoms with E-state index >= 15 is 0 Å². The lowest BCUT2D eigenvalue weighted by molar-refractivity contribution is -0.128. The Morgan fingerprint density at radius 1 is 0.818 bits per heavy atom. The third kappa shape index (κ3) is 17.5. The van der Waals surface area contributed by atoms with Gasteiger partial charge in [0.2, 0.25) is 11.8 Å². The molecular formula is C34H52N4O6. The highest BCUT2D eigenvalue weighted by molar-refractivity contribution is 5.94. The van der Waals surface area contributed by atoms with Gasteiger partial charge in [-0.1, -0.05) is 57.4 Å². The number of hydrogen-bond donors (Lipinski definition) is 2. The third-order valence-electron chi connectivity index (χ3n) is 6.94. The van der Waals surface area contributed by atoms with Crippen molar-refractivity contribution in [3.63, 3.8) is 0 Å². The summed E-state index contributed by atoms with van der Waals surface area (Å²) in [5.41, 5.74) is 0.622. The predicted molar refractivity (Wildman–Crippen MR) is 172 cm³/mol. The number of ether oxygens (including phenoxy) is 2. The smallest absolute Gasteiger partial charge is 0.251 e. The summed E-state index contributed by atoms with van der Waals surface area (Å²) in [7, 11) is 1.70. The van der Waals surface area contributed by atoms with Crippen molar-refractivity contribution in [3.8, 4) is 0 Å². The summed E-state index contributed by atoms with van der Waals surface area (Å²) in [6.07, 6.45) is 9.95. The number of ketones is 1. The minimum atomic E-state index is -0.267. The Morgan fingerprint density at radius 2 is 1.39 bits per heavy atom. The van der Waals surface area contributed by atoms with E-state index in [0.717, 1.165) is 12.8 Å². The monoisotopic (exact) mass is 612 g/mol. The molecule has 2 heterocycles. The molecule has 2 fully saturated rings. The van der Waals surface area contributed by atoms with Crippen LogP contribution in [-0.4, -0.2) is 86.5 Å². The second-order valence-corrected chi connectivity index (χ2v) is 10.3. The number of likely N-dealkylation sites (tertiary alicyclic amines) is 1. The molecule has 44 heavy (non-hydrogen) atoms. The molecule has 2 aliphatic rings. The fourth-order valence-electron chi connectivity index (χ4n) is 4.50. The van der Waals surface area contributed by atoms with Crippen LogP contribution in [0, 0.1) is 11.8 Å². The maximum absolute atomic E-state index is 11.9. The Bertz CT molecular complexity index is 1020. The molecule has 10 heteroatoms. The van der Waals surface area contributed by atoms with Crippen LogP contribution >= 0.6 is 0 Å². The van der Waals surface area contributed by atoms with E-state index < -0.39 is 0 Å². The number of hydrogen-bond acceptors (Lipinski definition) is 7. The molecule has 1 unspecified atom stereocenters. The number of carbonyl (C=O) groups excluding carboxylic acids is 4. The van der Waals surface area contributed by atoms with E-state index in [1.165, 1.54) is 19.3 Å². The first kappa shape index (κ1) is 38.4. The van der Waals surface area contributed by atoms with E-state index in [-0.39, 0.29) is 30.1 Å². The molecule has 1 aliphatic carbocycles. The van der Waals surface area contributed by atoms with Crippen LogP contribution in [0.15, 0.2) is 60.9 Å². The molecule has 4 rings (SSSR count). The lowest BCUT2D eigenvalue weighted by Crippen LogP contribution is -2.34. The van der Waals surface area contributed by atoms with Gasteiger partial charge in [-0.2, -0.15) is 0 Å². The molecule has 3 amide bonds. The zero-order valence-corrected chi connectivity index (χ0v) is 27.0. The number of nitrogens with one attached hydrogen (secondary N) is 2. The Balaban J connectivity index is 0.000000459. The summed E-state index contributed by atoms with van der Waals surface area (Å²) in [4.78, 5) is 51.2. The summed E-state index contributed by atoms with van der Waals surface area (Å²) < 4.78 is 10.8. The molecule has 1 saturated carbocycles. The van der Waals surface area contributed by atoms with Gasteiger partial charge < -0.3 is 25.0 Å². The highest BCUT2D eigenvalue weighted by Crippen LogP contribution is 2.23. The number of carbonyl (C=O) groups is 4. The van der Waals surface area contributed by atoms with Crippen LogP contribution in [0.4, 0.5) is 0 Å². The lowest BCUT2D eigenvalue weighted by atomic mass is 9.87. The van der Waals surface area contributed by atoms with Crippen molar-refractivity contribution >= 4 is 23.5 Å². The summed E-state index contributed by atoms with van der Waals surface area (Å²) in [6.45, 7) is 8.64. The van der Waals surface area contributed by atoms with Gasteiger partial charge >= 0.3 is 0 Å². The van der Waals surface area contributed by atoms with Crippen LogP contribution in [0.5, 0.6) is 0 Å². The first-order chi connectivity index (χ1) is 21.4. The Morgan fingerprint density at radius 3 is 1.84 bits per heavy atom. The van der Waals surface area contributed by atoms with Gasteiger partial charge in [-0.3, -0.25) is 24.2 Å².